The fourth-order valence-electron chi connectivity index (χ4n) is 3.81. The predicted octanol–water partition coefficient (Wildman–Crippen LogP) is 3.64. The Hall–Kier alpha value is -3.10. The highest BCUT2D eigenvalue weighted by Crippen LogP contribution is 2.16. The molecule has 0 unspecified atom stereocenters. The summed E-state index contributed by atoms with van der Waals surface area (Å²) in [5, 5.41) is 8.43. The van der Waals surface area contributed by atoms with E-state index in [9.17, 15) is 9.59 Å². The van der Waals surface area contributed by atoms with Crippen molar-refractivity contribution in [1.29, 1.82) is 0 Å². The topological polar surface area (TPSA) is 91.9 Å². The third-order valence-corrected chi connectivity index (χ3v) is 5.68. The lowest BCUT2D eigenvalue weighted by molar-refractivity contribution is 0.0392. The van der Waals surface area contributed by atoms with Gasteiger partial charge in [-0.1, -0.05) is 18.2 Å². The maximum atomic E-state index is 12.6. The SMILES string of the molecule is CC(C)NC(=O)Nc1cccc(C(=O)NCc2cccc(OCCN(C)C3CCOCC3)c2)c1. The minimum absolute atomic E-state index is 0.0270. The van der Waals surface area contributed by atoms with E-state index in [-0.39, 0.29) is 18.0 Å². The monoisotopic (exact) mass is 468 g/mol. The first-order chi connectivity index (χ1) is 16.4. The molecule has 2 aromatic carbocycles. The summed E-state index contributed by atoms with van der Waals surface area (Å²) >= 11 is 0. The second-order valence-electron chi connectivity index (χ2n) is 8.84. The van der Waals surface area contributed by atoms with Gasteiger partial charge in [0.15, 0.2) is 0 Å². The number of rotatable bonds is 10. The van der Waals surface area contributed by atoms with Crippen molar-refractivity contribution in [1.82, 2.24) is 15.5 Å². The van der Waals surface area contributed by atoms with Crippen LogP contribution in [0.1, 0.15) is 42.6 Å². The number of anilines is 1. The summed E-state index contributed by atoms with van der Waals surface area (Å²) in [5.74, 6) is 0.576. The molecular formula is C26H36N4O4. The zero-order chi connectivity index (χ0) is 24.3. The molecule has 0 bridgehead atoms. The average molecular weight is 469 g/mol. The third kappa shape index (κ3) is 8.35. The molecule has 0 aliphatic carbocycles. The van der Waals surface area contributed by atoms with Gasteiger partial charge in [0.25, 0.3) is 5.91 Å². The van der Waals surface area contributed by atoms with Crippen LogP contribution in [-0.4, -0.2) is 62.3 Å². The Morgan fingerprint density at radius 1 is 1.12 bits per heavy atom. The lowest BCUT2D eigenvalue weighted by atomic mass is 10.1. The summed E-state index contributed by atoms with van der Waals surface area (Å²) in [5.41, 5.74) is 1.99. The molecular weight excluding hydrogens is 432 g/mol. The van der Waals surface area contributed by atoms with Crippen LogP contribution in [0.2, 0.25) is 0 Å². The number of carbonyl (C=O) groups is 2. The minimum atomic E-state index is -0.302. The smallest absolute Gasteiger partial charge is 0.319 e. The number of urea groups is 1. The molecule has 1 aliphatic rings. The molecule has 1 fully saturated rings. The summed E-state index contributed by atoms with van der Waals surface area (Å²) in [6.45, 7) is 7.27. The largest absolute Gasteiger partial charge is 0.492 e. The Bertz CT molecular complexity index is 944. The highest BCUT2D eigenvalue weighted by molar-refractivity contribution is 5.96. The van der Waals surface area contributed by atoms with Crippen LogP contribution >= 0.6 is 0 Å². The zero-order valence-corrected chi connectivity index (χ0v) is 20.3. The fraction of sp³-hybridized carbons (Fsp3) is 0.462. The van der Waals surface area contributed by atoms with E-state index in [1.54, 1.807) is 24.3 Å². The number of nitrogens with zero attached hydrogens (tertiary/aromatic N) is 1. The third-order valence-electron chi connectivity index (χ3n) is 5.68. The van der Waals surface area contributed by atoms with Crippen molar-refractivity contribution in [2.24, 2.45) is 0 Å². The van der Waals surface area contributed by atoms with Crippen molar-refractivity contribution in [2.75, 3.05) is 38.7 Å². The molecule has 1 aliphatic heterocycles. The fourth-order valence-corrected chi connectivity index (χ4v) is 3.81. The lowest BCUT2D eigenvalue weighted by Crippen LogP contribution is -2.38. The first kappa shape index (κ1) is 25.5. The standard InChI is InChI=1S/C26H36N4O4/c1-19(2)28-26(32)29-22-8-5-7-21(17-22)25(31)27-18-20-6-4-9-24(16-20)34-15-12-30(3)23-10-13-33-14-11-23/h4-9,16-17,19,23H,10-15,18H2,1-3H3,(H,27,31)(H2,28,29,32). The van der Waals surface area contributed by atoms with E-state index in [4.69, 9.17) is 9.47 Å². The first-order valence-electron chi connectivity index (χ1n) is 11.9. The molecule has 0 spiro atoms. The van der Waals surface area contributed by atoms with Crippen LogP contribution in [0, 0.1) is 0 Å². The number of hydrogen-bond acceptors (Lipinski definition) is 5. The maximum absolute atomic E-state index is 12.6. The maximum Gasteiger partial charge on any atom is 0.319 e. The second-order valence-corrected chi connectivity index (χ2v) is 8.84. The molecule has 3 rings (SSSR count). The zero-order valence-electron chi connectivity index (χ0n) is 20.3. The summed E-state index contributed by atoms with van der Waals surface area (Å²) in [6.07, 6.45) is 2.13. The number of likely N-dealkylation sites (N-methyl/N-ethyl adjacent to an activating group) is 1. The Morgan fingerprint density at radius 2 is 1.88 bits per heavy atom. The van der Waals surface area contributed by atoms with Crippen LogP contribution in [-0.2, 0) is 11.3 Å². The van der Waals surface area contributed by atoms with Gasteiger partial charge >= 0.3 is 6.03 Å². The Morgan fingerprint density at radius 3 is 2.65 bits per heavy atom. The van der Waals surface area contributed by atoms with Crippen molar-refractivity contribution in [3.05, 3.63) is 59.7 Å². The predicted molar refractivity (Wildman–Crippen MR) is 133 cm³/mol. The van der Waals surface area contributed by atoms with Crippen LogP contribution in [0.4, 0.5) is 10.5 Å². The molecule has 0 saturated carbocycles. The van der Waals surface area contributed by atoms with Gasteiger partial charge < -0.3 is 25.4 Å². The molecule has 2 aromatic rings. The van der Waals surface area contributed by atoms with Gasteiger partial charge in [-0.25, -0.2) is 4.79 Å². The van der Waals surface area contributed by atoms with Gasteiger partial charge in [0.05, 0.1) is 0 Å². The molecule has 0 atom stereocenters. The van der Waals surface area contributed by atoms with Crippen molar-refractivity contribution >= 4 is 17.6 Å². The molecule has 34 heavy (non-hydrogen) atoms. The van der Waals surface area contributed by atoms with Crippen LogP contribution in [0.25, 0.3) is 0 Å². The van der Waals surface area contributed by atoms with Gasteiger partial charge in [-0.2, -0.15) is 0 Å². The van der Waals surface area contributed by atoms with Crippen molar-refractivity contribution in [2.45, 2.75) is 45.3 Å². The van der Waals surface area contributed by atoms with Gasteiger partial charge in [0.1, 0.15) is 12.4 Å². The molecule has 0 radical (unpaired) electrons. The van der Waals surface area contributed by atoms with E-state index in [1.807, 2.05) is 38.1 Å². The number of amides is 3. The molecule has 8 heteroatoms. The van der Waals surface area contributed by atoms with Crippen molar-refractivity contribution < 1.29 is 19.1 Å². The van der Waals surface area contributed by atoms with Crippen molar-refractivity contribution in [3.8, 4) is 5.75 Å². The van der Waals surface area contributed by atoms with Crippen LogP contribution in [0.5, 0.6) is 5.75 Å². The quantitative estimate of drug-likeness (QED) is 0.495. The van der Waals surface area contributed by atoms with E-state index in [0.717, 1.165) is 43.9 Å². The number of benzene rings is 2. The lowest BCUT2D eigenvalue weighted by Gasteiger charge is -2.31. The first-order valence-corrected chi connectivity index (χ1v) is 11.9. The van der Waals surface area contributed by atoms with E-state index in [1.165, 1.54) is 0 Å². The van der Waals surface area contributed by atoms with Gasteiger partial charge in [-0.15, -0.1) is 0 Å². The normalized spacial score (nSPS) is 14.1. The molecule has 184 valence electrons. The van der Waals surface area contributed by atoms with E-state index < -0.39 is 0 Å². The van der Waals surface area contributed by atoms with Crippen LogP contribution < -0.4 is 20.7 Å². The van der Waals surface area contributed by atoms with Crippen LogP contribution in [0.15, 0.2) is 48.5 Å². The summed E-state index contributed by atoms with van der Waals surface area (Å²) in [6, 6.07) is 14.9. The Balaban J connectivity index is 1.46. The average Bonchev–Trinajstić information content (AvgIpc) is 2.83. The number of hydrogen-bond donors (Lipinski definition) is 3. The van der Waals surface area contributed by atoms with Gasteiger partial charge in [0.2, 0.25) is 0 Å². The summed E-state index contributed by atoms with van der Waals surface area (Å²) in [7, 11) is 2.13. The number of ether oxygens (including phenoxy) is 2. The summed E-state index contributed by atoms with van der Waals surface area (Å²) < 4.78 is 11.4. The Labute approximate surface area is 202 Å². The van der Waals surface area contributed by atoms with Crippen molar-refractivity contribution in [3.63, 3.8) is 0 Å². The highest BCUT2D eigenvalue weighted by atomic mass is 16.5. The Kier molecular flexibility index (Phi) is 9.73. The molecule has 0 aromatic heterocycles. The van der Waals surface area contributed by atoms with Crippen LogP contribution in [0.3, 0.4) is 0 Å². The minimum Gasteiger partial charge on any atom is -0.492 e. The number of nitrogens with one attached hydrogen (secondary N) is 3. The molecule has 3 N–H and O–H groups in total. The molecule has 1 heterocycles. The highest BCUT2D eigenvalue weighted by Gasteiger charge is 2.18. The molecule has 8 nitrogen and oxygen atoms in total. The van der Waals surface area contributed by atoms with Gasteiger partial charge in [0, 0.05) is 49.6 Å². The van der Waals surface area contributed by atoms with E-state index >= 15 is 0 Å². The van der Waals surface area contributed by atoms with Gasteiger partial charge in [-0.3, -0.25) is 9.69 Å². The van der Waals surface area contributed by atoms with E-state index in [2.05, 4.69) is 27.9 Å². The molecule has 1 saturated heterocycles. The summed E-state index contributed by atoms with van der Waals surface area (Å²) in [4.78, 5) is 26.9. The second kappa shape index (κ2) is 13.0. The van der Waals surface area contributed by atoms with Gasteiger partial charge in [-0.05, 0) is 69.6 Å². The van der Waals surface area contributed by atoms with E-state index in [0.29, 0.717) is 30.4 Å². The molecule has 3 amide bonds. The number of carbonyl (C=O) groups excluding carboxylic acids is 2.